The van der Waals surface area contributed by atoms with Crippen molar-refractivity contribution in [3.05, 3.63) is 55.6 Å². The smallest absolute Gasteiger partial charge is 0.325 e. The van der Waals surface area contributed by atoms with E-state index in [4.69, 9.17) is 4.74 Å². The summed E-state index contributed by atoms with van der Waals surface area (Å²) < 4.78 is 30.3. The molecule has 0 bridgehead atoms. The summed E-state index contributed by atoms with van der Waals surface area (Å²) in [5.74, 6) is -1.26. The average Bonchev–Trinajstić information content (AvgIpc) is 2.54. The van der Waals surface area contributed by atoms with Crippen LogP contribution in [0.25, 0.3) is 0 Å². The fourth-order valence-electron chi connectivity index (χ4n) is 2.30. The Morgan fingerprint density at radius 1 is 1.27 bits per heavy atom. The van der Waals surface area contributed by atoms with Crippen molar-refractivity contribution in [3.63, 3.8) is 0 Å². The maximum absolute atomic E-state index is 12.8. The van der Waals surface area contributed by atoms with E-state index in [1.165, 1.54) is 25.3 Å². The zero-order valence-electron chi connectivity index (χ0n) is 12.8. The average molecular weight is 322 g/mol. The molecule has 1 aromatic rings. The van der Waals surface area contributed by atoms with Crippen LogP contribution >= 0.6 is 0 Å². The minimum atomic E-state index is -3.83. The molecule has 1 rings (SSSR count). The number of rotatable bonds is 9. The van der Waals surface area contributed by atoms with Crippen LogP contribution in [0.15, 0.2) is 60.5 Å². The van der Waals surface area contributed by atoms with Crippen LogP contribution in [0.5, 0.6) is 0 Å². The second-order valence-corrected chi connectivity index (χ2v) is 6.99. The van der Waals surface area contributed by atoms with Gasteiger partial charge in [-0.05, 0) is 31.4 Å². The third-order valence-electron chi connectivity index (χ3n) is 3.48. The van der Waals surface area contributed by atoms with Crippen molar-refractivity contribution in [2.45, 2.75) is 29.4 Å². The fraction of sp³-hybridized carbons (Fsp3) is 0.353. The minimum absolute atomic E-state index is 0.112. The van der Waals surface area contributed by atoms with Crippen molar-refractivity contribution in [2.24, 2.45) is 5.92 Å². The van der Waals surface area contributed by atoms with Gasteiger partial charge in [0.2, 0.25) is 0 Å². The van der Waals surface area contributed by atoms with Gasteiger partial charge in [0, 0.05) is 5.92 Å². The molecular weight excluding hydrogens is 300 g/mol. The van der Waals surface area contributed by atoms with E-state index >= 15 is 0 Å². The number of benzene rings is 1. The number of methoxy groups -OCH3 is 1. The summed E-state index contributed by atoms with van der Waals surface area (Å²) in [5.41, 5.74) is 0. The van der Waals surface area contributed by atoms with E-state index in [1.807, 2.05) is 0 Å². The predicted molar refractivity (Wildman–Crippen MR) is 87.2 cm³/mol. The maximum Gasteiger partial charge on any atom is 0.325 e. The van der Waals surface area contributed by atoms with E-state index in [0.29, 0.717) is 6.42 Å². The summed E-state index contributed by atoms with van der Waals surface area (Å²) in [7, 11) is -2.64. The molecule has 0 saturated heterocycles. The molecule has 0 aliphatic rings. The van der Waals surface area contributed by atoms with E-state index in [9.17, 15) is 13.2 Å². The first-order chi connectivity index (χ1) is 10.5. The Kier molecular flexibility index (Phi) is 7.05. The third kappa shape index (κ3) is 4.31. The molecule has 0 aliphatic carbocycles. The molecule has 0 amide bonds. The Balaban J connectivity index is 3.19. The summed E-state index contributed by atoms with van der Waals surface area (Å²) in [4.78, 5) is 12.2. The number of hydrogen-bond donors (Lipinski definition) is 0. The summed E-state index contributed by atoms with van der Waals surface area (Å²) in [5, 5.41) is -1.28. The molecular formula is C17H22O4S. The fourth-order valence-corrected chi connectivity index (χ4v) is 4.18. The number of allylic oxidation sites excluding steroid dienone is 2. The number of sulfone groups is 1. The third-order valence-corrected chi connectivity index (χ3v) is 5.62. The van der Waals surface area contributed by atoms with Gasteiger partial charge in [-0.25, -0.2) is 8.42 Å². The summed E-state index contributed by atoms with van der Waals surface area (Å²) in [6, 6.07) is 7.94. The number of carbonyl (C=O) groups is 1. The predicted octanol–water partition coefficient (Wildman–Crippen LogP) is 3.16. The Labute approximate surface area is 132 Å². The standard InChI is InChI=1S/C17H22O4S/c1-4-6-8-11-14(5-2)16(17(18)21-3)22(19,20)15-12-9-7-10-13-15/h4-5,7,9-10,12-14,16H,1-2,6,8,11H2,3H3/t14-,16?/m0/s1. The first-order valence-electron chi connectivity index (χ1n) is 7.09. The van der Waals surface area contributed by atoms with Crippen LogP contribution in [0.1, 0.15) is 19.3 Å². The van der Waals surface area contributed by atoms with Gasteiger partial charge in [0.1, 0.15) is 0 Å². The van der Waals surface area contributed by atoms with Gasteiger partial charge in [-0.2, -0.15) is 0 Å². The van der Waals surface area contributed by atoms with E-state index in [1.54, 1.807) is 24.3 Å². The largest absolute Gasteiger partial charge is 0.468 e. The lowest BCUT2D eigenvalue weighted by molar-refractivity contribution is -0.140. The SMILES string of the molecule is C=CCCC[C@H](C=C)C(C(=O)OC)S(=O)(=O)c1ccccc1. The van der Waals surface area contributed by atoms with Crippen LogP contribution in [0.3, 0.4) is 0 Å². The lowest BCUT2D eigenvalue weighted by Gasteiger charge is -2.22. The molecule has 5 heteroatoms. The molecule has 0 saturated carbocycles. The van der Waals surface area contributed by atoms with Gasteiger partial charge in [0.15, 0.2) is 15.1 Å². The van der Waals surface area contributed by atoms with Gasteiger partial charge in [0.25, 0.3) is 0 Å². The highest BCUT2D eigenvalue weighted by atomic mass is 32.2. The van der Waals surface area contributed by atoms with Gasteiger partial charge in [-0.15, -0.1) is 13.2 Å². The molecule has 22 heavy (non-hydrogen) atoms. The topological polar surface area (TPSA) is 60.4 Å². The number of carbonyl (C=O) groups excluding carboxylic acids is 1. The Morgan fingerprint density at radius 2 is 1.91 bits per heavy atom. The van der Waals surface area contributed by atoms with E-state index < -0.39 is 27.0 Å². The normalized spacial score (nSPS) is 13.9. The van der Waals surface area contributed by atoms with Crippen LogP contribution < -0.4 is 0 Å². The zero-order valence-corrected chi connectivity index (χ0v) is 13.6. The number of ether oxygens (including phenoxy) is 1. The lowest BCUT2D eigenvalue weighted by Crippen LogP contribution is -2.37. The number of hydrogen-bond acceptors (Lipinski definition) is 4. The Bertz CT molecular complexity index is 605. The van der Waals surface area contributed by atoms with Gasteiger partial charge in [-0.3, -0.25) is 4.79 Å². The molecule has 0 spiro atoms. The molecule has 0 radical (unpaired) electrons. The van der Waals surface area contributed by atoms with Crippen molar-refractivity contribution in [3.8, 4) is 0 Å². The Hall–Kier alpha value is -1.88. The molecule has 2 atom stereocenters. The van der Waals surface area contributed by atoms with Gasteiger partial charge in [-0.1, -0.05) is 30.4 Å². The summed E-state index contributed by atoms with van der Waals surface area (Å²) >= 11 is 0. The molecule has 1 aromatic carbocycles. The van der Waals surface area contributed by atoms with Crippen molar-refractivity contribution < 1.29 is 17.9 Å². The molecule has 120 valence electrons. The van der Waals surface area contributed by atoms with Crippen LogP contribution in [0, 0.1) is 5.92 Å². The van der Waals surface area contributed by atoms with Gasteiger partial charge < -0.3 is 4.74 Å². The Morgan fingerprint density at radius 3 is 2.41 bits per heavy atom. The second-order valence-electron chi connectivity index (χ2n) is 4.92. The minimum Gasteiger partial charge on any atom is -0.468 e. The zero-order chi connectivity index (χ0) is 16.6. The quantitative estimate of drug-likeness (QED) is 0.398. The summed E-state index contributed by atoms with van der Waals surface area (Å²) in [6.07, 6.45) is 5.30. The molecule has 0 N–H and O–H groups in total. The molecule has 0 aliphatic heterocycles. The molecule has 0 aromatic heterocycles. The number of esters is 1. The van der Waals surface area contributed by atoms with Crippen LogP contribution in [-0.2, 0) is 19.4 Å². The monoisotopic (exact) mass is 322 g/mol. The highest BCUT2D eigenvalue weighted by molar-refractivity contribution is 7.92. The van der Waals surface area contributed by atoms with Crippen molar-refractivity contribution >= 4 is 15.8 Å². The van der Waals surface area contributed by atoms with Crippen LogP contribution in [-0.4, -0.2) is 26.7 Å². The first kappa shape index (κ1) is 18.2. The van der Waals surface area contributed by atoms with Crippen LogP contribution in [0.4, 0.5) is 0 Å². The van der Waals surface area contributed by atoms with Crippen LogP contribution in [0.2, 0.25) is 0 Å². The molecule has 4 nitrogen and oxygen atoms in total. The highest BCUT2D eigenvalue weighted by Crippen LogP contribution is 2.27. The van der Waals surface area contributed by atoms with E-state index in [0.717, 1.165) is 12.8 Å². The first-order valence-corrected chi connectivity index (χ1v) is 8.63. The second kappa shape index (κ2) is 8.54. The van der Waals surface area contributed by atoms with E-state index in [2.05, 4.69) is 13.2 Å². The molecule has 1 unspecified atom stereocenters. The van der Waals surface area contributed by atoms with Crippen molar-refractivity contribution in [1.29, 1.82) is 0 Å². The van der Waals surface area contributed by atoms with E-state index in [-0.39, 0.29) is 4.90 Å². The van der Waals surface area contributed by atoms with Gasteiger partial charge in [0.05, 0.1) is 12.0 Å². The maximum atomic E-state index is 12.8. The molecule has 0 fully saturated rings. The van der Waals surface area contributed by atoms with Gasteiger partial charge >= 0.3 is 5.97 Å². The van der Waals surface area contributed by atoms with Crippen molar-refractivity contribution in [2.75, 3.05) is 7.11 Å². The highest BCUT2D eigenvalue weighted by Gasteiger charge is 2.39. The van der Waals surface area contributed by atoms with Crippen molar-refractivity contribution in [1.82, 2.24) is 0 Å². The number of unbranched alkanes of at least 4 members (excludes halogenated alkanes) is 1. The lowest BCUT2D eigenvalue weighted by atomic mass is 9.98. The summed E-state index contributed by atoms with van der Waals surface area (Å²) in [6.45, 7) is 7.33. The molecule has 0 heterocycles.